The topological polar surface area (TPSA) is 0 Å². The zero-order valence-electron chi connectivity index (χ0n) is 10.3. The van der Waals surface area contributed by atoms with Gasteiger partial charge in [0.05, 0.1) is 0 Å². The highest BCUT2D eigenvalue weighted by Gasteiger charge is 2.05. The van der Waals surface area contributed by atoms with Crippen molar-refractivity contribution in [2.75, 3.05) is 0 Å². The smallest absolute Gasteiger partial charge is 0.131 e. The molecular formula is C14H11ClF4. The molecule has 0 radical (unpaired) electrons. The van der Waals surface area contributed by atoms with E-state index in [0.717, 1.165) is 0 Å². The highest BCUT2D eigenvalue weighted by Crippen LogP contribution is 2.16. The average molecular weight is 291 g/mol. The fourth-order valence-corrected chi connectivity index (χ4v) is 1.36. The van der Waals surface area contributed by atoms with Gasteiger partial charge in [-0.1, -0.05) is 17.7 Å². The van der Waals surface area contributed by atoms with Crippen LogP contribution in [-0.4, -0.2) is 0 Å². The normalized spacial score (nSPS) is 9.84. The molecule has 0 aliphatic rings. The van der Waals surface area contributed by atoms with Crippen molar-refractivity contribution in [1.82, 2.24) is 0 Å². The summed E-state index contributed by atoms with van der Waals surface area (Å²) < 4.78 is 49.3. The first-order valence-electron chi connectivity index (χ1n) is 5.34. The first-order valence-corrected chi connectivity index (χ1v) is 5.72. The van der Waals surface area contributed by atoms with E-state index in [4.69, 9.17) is 11.6 Å². The van der Waals surface area contributed by atoms with Crippen LogP contribution in [0.3, 0.4) is 0 Å². The lowest BCUT2D eigenvalue weighted by Gasteiger charge is -1.96. The number of benzene rings is 2. The van der Waals surface area contributed by atoms with Gasteiger partial charge >= 0.3 is 0 Å². The summed E-state index contributed by atoms with van der Waals surface area (Å²) in [6.07, 6.45) is 0. The van der Waals surface area contributed by atoms with Crippen LogP contribution in [0, 0.1) is 37.1 Å². The van der Waals surface area contributed by atoms with Crippen molar-refractivity contribution in [3.63, 3.8) is 0 Å². The van der Waals surface area contributed by atoms with Crippen molar-refractivity contribution in [2.45, 2.75) is 13.8 Å². The molecule has 5 heteroatoms. The van der Waals surface area contributed by atoms with E-state index in [9.17, 15) is 17.6 Å². The fraction of sp³-hybridized carbons (Fsp3) is 0.143. The van der Waals surface area contributed by atoms with Gasteiger partial charge in [-0.25, -0.2) is 17.6 Å². The molecule has 0 saturated heterocycles. The molecular weight excluding hydrogens is 280 g/mol. The molecule has 0 N–H and O–H groups in total. The molecule has 102 valence electrons. The molecule has 0 bridgehead atoms. The maximum atomic E-state index is 12.5. The van der Waals surface area contributed by atoms with Crippen LogP contribution in [0.5, 0.6) is 0 Å². The van der Waals surface area contributed by atoms with Crippen LogP contribution in [0.1, 0.15) is 11.1 Å². The van der Waals surface area contributed by atoms with Gasteiger partial charge in [0.25, 0.3) is 0 Å². The minimum absolute atomic E-state index is 0.151. The lowest BCUT2D eigenvalue weighted by Crippen LogP contribution is -1.89. The Labute approximate surface area is 113 Å². The van der Waals surface area contributed by atoms with Gasteiger partial charge in [-0.05, 0) is 26.0 Å². The maximum absolute atomic E-state index is 12.5. The number of halogens is 5. The summed E-state index contributed by atoms with van der Waals surface area (Å²) in [5.41, 5.74) is 0.362. The minimum Gasteiger partial charge on any atom is -0.207 e. The fourth-order valence-electron chi connectivity index (χ4n) is 1.20. The molecule has 0 aromatic heterocycles. The molecule has 0 aliphatic heterocycles. The van der Waals surface area contributed by atoms with Crippen LogP contribution >= 0.6 is 11.6 Å². The summed E-state index contributed by atoms with van der Waals surface area (Å²) in [6, 6.07) is 5.95. The molecule has 0 nitrogen and oxygen atoms in total. The first kappa shape index (κ1) is 15.5. The molecule has 0 fully saturated rings. The molecule has 0 unspecified atom stereocenters. The largest absolute Gasteiger partial charge is 0.207 e. The summed E-state index contributed by atoms with van der Waals surface area (Å²) in [4.78, 5) is 0. The van der Waals surface area contributed by atoms with Gasteiger partial charge < -0.3 is 0 Å². The van der Waals surface area contributed by atoms with Gasteiger partial charge in [-0.2, -0.15) is 0 Å². The van der Waals surface area contributed by atoms with Crippen LogP contribution in [0.25, 0.3) is 0 Å². The number of hydrogen-bond donors (Lipinski definition) is 0. The summed E-state index contributed by atoms with van der Waals surface area (Å²) in [5.74, 6) is -2.84. The van der Waals surface area contributed by atoms with E-state index in [1.54, 1.807) is 19.1 Å². The van der Waals surface area contributed by atoms with Gasteiger partial charge in [0.2, 0.25) is 0 Å². The maximum Gasteiger partial charge on any atom is 0.131 e. The Morgan fingerprint density at radius 3 is 1.74 bits per heavy atom. The molecule has 2 rings (SSSR count). The second-order valence-electron chi connectivity index (χ2n) is 3.84. The van der Waals surface area contributed by atoms with E-state index in [1.807, 2.05) is 0 Å². The monoisotopic (exact) mass is 290 g/mol. The quantitative estimate of drug-likeness (QED) is 0.585. The van der Waals surface area contributed by atoms with Crippen molar-refractivity contribution < 1.29 is 17.6 Å². The third-order valence-electron chi connectivity index (χ3n) is 2.45. The SMILES string of the molecule is Cc1c(F)cc(F)cc1F.Cc1c(F)cccc1Cl. The van der Waals surface area contributed by atoms with Crippen LogP contribution in [-0.2, 0) is 0 Å². The molecule has 2 aromatic carbocycles. The third kappa shape index (κ3) is 4.24. The molecule has 2 aromatic rings. The second-order valence-corrected chi connectivity index (χ2v) is 4.25. The predicted octanol–water partition coefficient (Wildman–Crippen LogP) is 5.20. The number of hydrogen-bond acceptors (Lipinski definition) is 0. The van der Waals surface area contributed by atoms with Crippen LogP contribution in [0.2, 0.25) is 5.02 Å². The Bertz CT molecular complexity index is 538. The standard InChI is InChI=1S/C7H6ClF.C7H5F3/c1-5-6(8)3-2-4-7(5)9;1-4-6(9)2-5(8)3-7(4)10/h2-4H,1H3;2-3H,1H3. The van der Waals surface area contributed by atoms with Crippen LogP contribution < -0.4 is 0 Å². The molecule has 0 amide bonds. The lowest BCUT2D eigenvalue weighted by molar-refractivity contribution is 0.532. The zero-order valence-corrected chi connectivity index (χ0v) is 11.0. The van der Waals surface area contributed by atoms with Gasteiger partial charge in [0.1, 0.15) is 23.3 Å². The highest BCUT2D eigenvalue weighted by molar-refractivity contribution is 6.31. The van der Waals surface area contributed by atoms with E-state index in [2.05, 4.69) is 0 Å². The minimum atomic E-state index is -0.888. The molecule has 0 saturated carbocycles. The molecule has 19 heavy (non-hydrogen) atoms. The lowest BCUT2D eigenvalue weighted by atomic mass is 10.2. The highest BCUT2D eigenvalue weighted by atomic mass is 35.5. The van der Waals surface area contributed by atoms with E-state index in [0.29, 0.717) is 22.7 Å². The van der Waals surface area contributed by atoms with Crippen molar-refractivity contribution in [3.8, 4) is 0 Å². The van der Waals surface area contributed by atoms with Crippen molar-refractivity contribution in [2.24, 2.45) is 0 Å². The summed E-state index contributed by atoms with van der Waals surface area (Å²) in [7, 11) is 0. The van der Waals surface area contributed by atoms with Gasteiger partial charge in [0.15, 0.2) is 0 Å². The van der Waals surface area contributed by atoms with E-state index in [1.165, 1.54) is 13.0 Å². The third-order valence-corrected chi connectivity index (χ3v) is 2.86. The van der Waals surface area contributed by atoms with Crippen LogP contribution in [0.15, 0.2) is 30.3 Å². The van der Waals surface area contributed by atoms with Crippen molar-refractivity contribution >= 4 is 11.6 Å². The van der Waals surface area contributed by atoms with E-state index < -0.39 is 17.5 Å². The molecule has 0 atom stereocenters. The second kappa shape index (κ2) is 6.57. The summed E-state index contributed by atoms with van der Waals surface area (Å²) >= 11 is 5.57. The summed E-state index contributed by atoms with van der Waals surface area (Å²) in [5, 5.41) is 0.481. The Morgan fingerprint density at radius 2 is 1.32 bits per heavy atom. The van der Waals surface area contributed by atoms with Gasteiger partial charge in [0, 0.05) is 28.3 Å². The Balaban J connectivity index is 0.000000191. The van der Waals surface area contributed by atoms with E-state index in [-0.39, 0.29) is 11.4 Å². The molecule has 0 aliphatic carbocycles. The zero-order chi connectivity index (χ0) is 14.6. The van der Waals surface area contributed by atoms with E-state index >= 15 is 0 Å². The average Bonchev–Trinajstić information content (AvgIpc) is 2.33. The van der Waals surface area contributed by atoms with Crippen LogP contribution in [0.4, 0.5) is 17.6 Å². The van der Waals surface area contributed by atoms with Crippen molar-refractivity contribution in [3.05, 3.63) is 69.8 Å². The Kier molecular flexibility index (Phi) is 5.36. The summed E-state index contributed by atoms with van der Waals surface area (Å²) in [6.45, 7) is 2.90. The number of rotatable bonds is 0. The predicted molar refractivity (Wildman–Crippen MR) is 67.2 cm³/mol. The van der Waals surface area contributed by atoms with Gasteiger partial charge in [-0.15, -0.1) is 0 Å². The van der Waals surface area contributed by atoms with Gasteiger partial charge in [-0.3, -0.25) is 0 Å². The van der Waals surface area contributed by atoms with Crippen molar-refractivity contribution in [1.29, 1.82) is 0 Å². The Morgan fingerprint density at radius 1 is 0.789 bits per heavy atom. The molecule has 0 spiro atoms. The molecule has 0 heterocycles. The first-order chi connectivity index (χ1) is 8.82. The Hall–Kier alpha value is -1.55.